The zero-order valence-corrected chi connectivity index (χ0v) is 12.1. The van der Waals surface area contributed by atoms with Crippen LogP contribution in [0.2, 0.25) is 0 Å². The molecule has 0 aliphatic heterocycles. The molecule has 1 heterocycles. The lowest BCUT2D eigenvalue weighted by atomic mass is 10.2. The van der Waals surface area contributed by atoms with E-state index in [4.69, 9.17) is 0 Å². The lowest BCUT2D eigenvalue weighted by Gasteiger charge is -2.02. The van der Waals surface area contributed by atoms with Crippen LogP contribution in [-0.4, -0.2) is 23.0 Å². The summed E-state index contributed by atoms with van der Waals surface area (Å²) in [7, 11) is 0. The van der Waals surface area contributed by atoms with Crippen molar-refractivity contribution in [3.05, 3.63) is 66.4 Å². The van der Waals surface area contributed by atoms with E-state index in [1.54, 1.807) is 30.5 Å². The smallest absolute Gasteiger partial charge is 0.329 e. The Morgan fingerprint density at radius 3 is 2.52 bits per heavy atom. The van der Waals surface area contributed by atoms with Gasteiger partial charge in [0.2, 0.25) is 0 Å². The number of hydrazone groups is 1. The van der Waals surface area contributed by atoms with Crippen LogP contribution in [-0.2, 0) is 9.59 Å². The van der Waals surface area contributed by atoms with Gasteiger partial charge in [-0.15, -0.1) is 0 Å². The van der Waals surface area contributed by atoms with Crippen molar-refractivity contribution in [3.63, 3.8) is 0 Å². The Labute approximate surface area is 132 Å². The first-order chi connectivity index (χ1) is 11.2. The van der Waals surface area contributed by atoms with Gasteiger partial charge in [0.15, 0.2) is 0 Å². The molecule has 0 bridgehead atoms. The Bertz CT molecular complexity index is 868. The number of para-hydroxylation sites is 2. The molecule has 3 aromatic rings. The first-order valence-corrected chi connectivity index (χ1v) is 6.99. The Morgan fingerprint density at radius 2 is 1.70 bits per heavy atom. The molecule has 6 nitrogen and oxygen atoms in total. The average Bonchev–Trinajstić information content (AvgIpc) is 2.99. The number of aromatic amines is 1. The fourth-order valence-electron chi connectivity index (χ4n) is 2.12. The van der Waals surface area contributed by atoms with E-state index < -0.39 is 11.8 Å². The van der Waals surface area contributed by atoms with E-state index in [9.17, 15) is 9.59 Å². The molecule has 0 saturated heterocycles. The van der Waals surface area contributed by atoms with Gasteiger partial charge in [0.1, 0.15) is 0 Å². The van der Waals surface area contributed by atoms with Crippen LogP contribution < -0.4 is 10.7 Å². The minimum atomic E-state index is -0.829. The van der Waals surface area contributed by atoms with Crippen LogP contribution >= 0.6 is 0 Å². The number of hydrogen-bond donors (Lipinski definition) is 3. The van der Waals surface area contributed by atoms with Gasteiger partial charge < -0.3 is 10.3 Å². The maximum Gasteiger partial charge on any atom is 0.329 e. The molecule has 2 amide bonds. The van der Waals surface area contributed by atoms with Gasteiger partial charge in [-0.1, -0.05) is 36.4 Å². The maximum atomic E-state index is 11.7. The summed E-state index contributed by atoms with van der Waals surface area (Å²) in [6, 6.07) is 16.5. The zero-order valence-electron chi connectivity index (χ0n) is 12.1. The highest BCUT2D eigenvalue weighted by Crippen LogP contribution is 2.15. The van der Waals surface area contributed by atoms with E-state index >= 15 is 0 Å². The summed E-state index contributed by atoms with van der Waals surface area (Å²) in [5.74, 6) is -1.60. The molecular formula is C17H14N4O2. The van der Waals surface area contributed by atoms with Crippen LogP contribution in [0.3, 0.4) is 0 Å². The van der Waals surface area contributed by atoms with Crippen LogP contribution in [0.25, 0.3) is 10.9 Å². The molecule has 0 aliphatic carbocycles. The van der Waals surface area contributed by atoms with Crippen molar-refractivity contribution in [2.45, 2.75) is 0 Å². The number of nitrogens with one attached hydrogen (secondary N) is 3. The monoisotopic (exact) mass is 306 g/mol. The van der Waals surface area contributed by atoms with Gasteiger partial charge in [-0.2, -0.15) is 5.10 Å². The number of amides is 2. The molecule has 3 rings (SSSR count). The fourth-order valence-corrected chi connectivity index (χ4v) is 2.12. The standard InChI is InChI=1S/C17H14N4O2/c22-16(20-13-6-2-1-3-7-13)17(23)21-19-11-12-10-18-15-9-5-4-8-14(12)15/h1-11,18H,(H,20,22)(H,21,23). The van der Waals surface area contributed by atoms with Crippen molar-refractivity contribution in [1.29, 1.82) is 0 Å². The Hall–Kier alpha value is -3.41. The quantitative estimate of drug-likeness (QED) is 0.394. The number of aromatic nitrogens is 1. The number of carbonyl (C=O) groups is 2. The Morgan fingerprint density at radius 1 is 0.957 bits per heavy atom. The zero-order chi connectivity index (χ0) is 16.1. The fraction of sp³-hybridized carbons (Fsp3) is 0. The molecule has 1 aromatic heterocycles. The van der Waals surface area contributed by atoms with Gasteiger partial charge in [-0.3, -0.25) is 9.59 Å². The number of H-pyrrole nitrogens is 1. The molecule has 0 unspecified atom stereocenters. The molecule has 0 radical (unpaired) electrons. The summed E-state index contributed by atoms with van der Waals surface area (Å²) < 4.78 is 0. The van der Waals surface area contributed by atoms with Gasteiger partial charge >= 0.3 is 11.8 Å². The summed E-state index contributed by atoms with van der Waals surface area (Å²) in [5.41, 5.74) is 4.56. The number of carbonyl (C=O) groups excluding carboxylic acids is 2. The van der Waals surface area contributed by atoms with Crippen molar-refractivity contribution in [1.82, 2.24) is 10.4 Å². The van der Waals surface area contributed by atoms with Crippen molar-refractivity contribution in [2.75, 3.05) is 5.32 Å². The second-order valence-electron chi connectivity index (χ2n) is 4.81. The first kappa shape index (κ1) is 14.5. The summed E-state index contributed by atoms with van der Waals surface area (Å²) in [5, 5.41) is 7.29. The summed E-state index contributed by atoms with van der Waals surface area (Å²) in [6.45, 7) is 0. The molecule has 0 aliphatic rings. The van der Waals surface area contributed by atoms with E-state index in [-0.39, 0.29) is 0 Å². The highest BCUT2D eigenvalue weighted by Gasteiger charge is 2.12. The number of benzene rings is 2. The van der Waals surface area contributed by atoms with E-state index in [0.717, 1.165) is 16.5 Å². The van der Waals surface area contributed by atoms with Gasteiger partial charge in [0.25, 0.3) is 0 Å². The topological polar surface area (TPSA) is 86.3 Å². The number of nitrogens with zero attached hydrogens (tertiary/aromatic N) is 1. The molecule has 2 aromatic carbocycles. The molecule has 3 N–H and O–H groups in total. The first-order valence-electron chi connectivity index (χ1n) is 6.99. The van der Waals surface area contributed by atoms with Crippen LogP contribution in [0.5, 0.6) is 0 Å². The molecule has 0 saturated carbocycles. The molecule has 23 heavy (non-hydrogen) atoms. The highest BCUT2D eigenvalue weighted by atomic mass is 16.2. The third-order valence-corrected chi connectivity index (χ3v) is 3.23. The van der Waals surface area contributed by atoms with E-state index in [1.807, 2.05) is 30.3 Å². The van der Waals surface area contributed by atoms with Gasteiger partial charge in [0.05, 0.1) is 6.21 Å². The minimum Gasteiger partial charge on any atom is -0.361 e. The third kappa shape index (κ3) is 3.44. The lowest BCUT2D eigenvalue weighted by molar-refractivity contribution is -0.136. The van der Waals surface area contributed by atoms with Gasteiger partial charge in [-0.25, -0.2) is 5.43 Å². The average molecular weight is 306 g/mol. The normalized spacial score (nSPS) is 10.8. The van der Waals surface area contributed by atoms with E-state index in [2.05, 4.69) is 20.8 Å². The number of rotatable bonds is 3. The number of fused-ring (bicyclic) bond motifs is 1. The van der Waals surface area contributed by atoms with Crippen molar-refractivity contribution < 1.29 is 9.59 Å². The summed E-state index contributed by atoms with van der Waals surface area (Å²) in [4.78, 5) is 26.5. The molecule has 0 spiro atoms. The molecule has 0 atom stereocenters. The summed E-state index contributed by atoms with van der Waals surface area (Å²) >= 11 is 0. The summed E-state index contributed by atoms with van der Waals surface area (Å²) in [6.07, 6.45) is 3.27. The van der Waals surface area contributed by atoms with Crippen LogP contribution in [0.1, 0.15) is 5.56 Å². The van der Waals surface area contributed by atoms with Crippen LogP contribution in [0, 0.1) is 0 Å². The predicted octanol–water partition coefficient (Wildman–Crippen LogP) is 2.26. The predicted molar refractivity (Wildman–Crippen MR) is 89.1 cm³/mol. The maximum absolute atomic E-state index is 11.7. The van der Waals surface area contributed by atoms with E-state index in [1.165, 1.54) is 6.21 Å². The third-order valence-electron chi connectivity index (χ3n) is 3.23. The largest absolute Gasteiger partial charge is 0.361 e. The number of anilines is 1. The number of hydrogen-bond acceptors (Lipinski definition) is 3. The molecular weight excluding hydrogens is 292 g/mol. The molecule has 0 fully saturated rings. The lowest BCUT2D eigenvalue weighted by Crippen LogP contribution is -2.32. The van der Waals surface area contributed by atoms with E-state index in [0.29, 0.717) is 5.69 Å². The van der Waals surface area contributed by atoms with Crippen molar-refractivity contribution in [3.8, 4) is 0 Å². The molecule has 114 valence electrons. The van der Waals surface area contributed by atoms with Crippen molar-refractivity contribution >= 4 is 34.6 Å². The highest BCUT2D eigenvalue weighted by molar-refractivity contribution is 6.39. The Balaban J connectivity index is 1.61. The Kier molecular flexibility index (Phi) is 4.15. The minimum absolute atomic E-state index is 0.549. The van der Waals surface area contributed by atoms with Crippen LogP contribution in [0.4, 0.5) is 5.69 Å². The van der Waals surface area contributed by atoms with Gasteiger partial charge in [0, 0.05) is 28.4 Å². The second kappa shape index (κ2) is 6.57. The molecule has 6 heteroatoms. The second-order valence-corrected chi connectivity index (χ2v) is 4.81. The van der Waals surface area contributed by atoms with Crippen molar-refractivity contribution in [2.24, 2.45) is 5.10 Å². The van der Waals surface area contributed by atoms with Crippen LogP contribution in [0.15, 0.2) is 65.9 Å². The SMILES string of the molecule is O=C(NN=Cc1c[nH]c2ccccc12)C(=O)Nc1ccccc1. The van der Waals surface area contributed by atoms with Gasteiger partial charge in [-0.05, 0) is 18.2 Å².